The fourth-order valence-corrected chi connectivity index (χ4v) is 14.9. The molecule has 5 heterocycles. The van der Waals surface area contributed by atoms with Gasteiger partial charge in [-0.15, -0.1) is 0 Å². The second-order valence-corrected chi connectivity index (χ2v) is 24.3. The highest BCUT2D eigenvalue weighted by molar-refractivity contribution is 6.20. The first-order valence-electron chi connectivity index (χ1n) is 29.2. The molecular formula is C78H50N2O5. The summed E-state index contributed by atoms with van der Waals surface area (Å²) in [5.74, 6) is 0. The molecule has 5 aromatic heterocycles. The van der Waals surface area contributed by atoms with Crippen LogP contribution in [0, 0.1) is 0 Å². The van der Waals surface area contributed by atoms with Gasteiger partial charge in [-0.1, -0.05) is 149 Å². The van der Waals surface area contributed by atoms with Crippen LogP contribution in [0.15, 0.2) is 253 Å². The summed E-state index contributed by atoms with van der Waals surface area (Å²) in [7, 11) is 0. The minimum Gasteiger partial charge on any atom is -0.456 e. The quantitative estimate of drug-likeness (QED) is 0.164. The number of hydrogen-bond acceptors (Lipinski definition) is 7. The third-order valence-electron chi connectivity index (χ3n) is 19.0. The SMILES string of the molecule is CC1(C)c2ccccc2-c2ccc(N(c3ccc4c(c3)oc3cc5c(cc34)oc3cc4c(cc35)oc3cc(N(c5ccc6c(c5)C(C)(C)c5ccccc5-6)c5cccc6c5oc5ccccc56)ccc34)c3cccc4c3oc3ccccc34)cc21. The Kier molecular flexibility index (Phi) is 9.08. The normalized spacial score (nSPS) is 14.1. The lowest BCUT2D eigenvalue weighted by Crippen LogP contribution is -2.16. The van der Waals surface area contributed by atoms with Gasteiger partial charge in [0.2, 0.25) is 0 Å². The van der Waals surface area contributed by atoms with Crippen LogP contribution in [0.25, 0.3) is 132 Å². The standard InChI is InChI=1S/C78H50N2O5/c1-77(2)61-21-9-5-15-47(61)49-31-27-43(35-63(49)77)79(65-23-13-19-55-51-17-7-11-25-67(51)84-75(55)65)45-29-33-53-57-39-73-59(41-71(57)81-69(53)37-45)60-42-72-58(40-74(60)83-73)54-34-30-46(38-70(54)82-72)80(66-24-14-20-56-52-18-8-12-26-68(52)85-76(56)66)44-28-32-50-48-16-6-10-22-62(48)78(3,4)64(50)36-44/h5-42H,1-4H3. The van der Waals surface area contributed by atoms with E-state index in [2.05, 4.69) is 244 Å². The van der Waals surface area contributed by atoms with Crippen molar-refractivity contribution in [1.82, 2.24) is 0 Å². The van der Waals surface area contributed by atoms with E-state index >= 15 is 0 Å². The molecule has 0 atom stereocenters. The predicted molar refractivity (Wildman–Crippen MR) is 347 cm³/mol. The molecular weight excluding hydrogens is 1040 g/mol. The molecule has 12 aromatic carbocycles. The molecule has 0 unspecified atom stereocenters. The van der Waals surface area contributed by atoms with Crippen molar-refractivity contribution in [2.24, 2.45) is 0 Å². The third kappa shape index (κ3) is 6.39. The Labute approximate surface area is 486 Å². The Morgan fingerprint density at radius 3 is 1.01 bits per heavy atom. The van der Waals surface area contributed by atoms with Crippen molar-refractivity contribution in [1.29, 1.82) is 0 Å². The molecule has 0 aliphatic heterocycles. The first-order valence-corrected chi connectivity index (χ1v) is 29.2. The number of fused-ring (bicyclic) bond motifs is 21. The highest BCUT2D eigenvalue weighted by Gasteiger charge is 2.38. The van der Waals surface area contributed by atoms with Crippen LogP contribution < -0.4 is 9.80 Å². The van der Waals surface area contributed by atoms with E-state index in [0.29, 0.717) is 0 Å². The fraction of sp³-hybridized carbons (Fsp3) is 0.0769. The van der Waals surface area contributed by atoms with Gasteiger partial charge in [0.15, 0.2) is 11.2 Å². The molecule has 85 heavy (non-hydrogen) atoms. The van der Waals surface area contributed by atoms with Crippen molar-refractivity contribution in [3.8, 4) is 22.3 Å². The summed E-state index contributed by atoms with van der Waals surface area (Å²) >= 11 is 0. The van der Waals surface area contributed by atoms with E-state index < -0.39 is 0 Å². The number of hydrogen-bond donors (Lipinski definition) is 0. The zero-order valence-electron chi connectivity index (χ0n) is 46.9. The van der Waals surface area contributed by atoms with Gasteiger partial charge in [0.1, 0.15) is 44.7 Å². The largest absolute Gasteiger partial charge is 0.456 e. The monoisotopic (exact) mass is 1090 g/mol. The zero-order chi connectivity index (χ0) is 56.2. The Bertz CT molecular complexity index is 5430. The molecule has 0 saturated heterocycles. The summed E-state index contributed by atoms with van der Waals surface area (Å²) in [4.78, 5) is 4.64. The highest BCUT2D eigenvalue weighted by atomic mass is 16.3. The maximum atomic E-state index is 6.94. The Hall–Kier alpha value is -10.8. The third-order valence-corrected chi connectivity index (χ3v) is 19.0. The molecule has 0 spiro atoms. The first-order chi connectivity index (χ1) is 41.6. The summed E-state index contributed by atoms with van der Waals surface area (Å²) in [6.45, 7) is 9.32. The second-order valence-electron chi connectivity index (χ2n) is 24.3. The lowest BCUT2D eigenvalue weighted by atomic mass is 9.82. The molecule has 402 valence electrons. The molecule has 17 aromatic rings. The van der Waals surface area contributed by atoms with Crippen molar-refractivity contribution in [3.63, 3.8) is 0 Å². The fourth-order valence-electron chi connectivity index (χ4n) is 14.9. The first kappa shape index (κ1) is 46.8. The van der Waals surface area contributed by atoms with Gasteiger partial charge >= 0.3 is 0 Å². The molecule has 0 radical (unpaired) electrons. The van der Waals surface area contributed by atoms with Crippen LogP contribution in [0.1, 0.15) is 49.9 Å². The smallest absolute Gasteiger partial charge is 0.159 e. The predicted octanol–water partition coefficient (Wildman–Crippen LogP) is 22.7. The lowest BCUT2D eigenvalue weighted by molar-refractivity contribution is 0.660. The number of para-hydroxylation sites is 4. The van der Waals surface area contributed by atoms with E-state index in [9.17, 15) is 0 Å². The summed E-state index contributed by atoms with van der Waals surface area (Å²) < 4.78 is 34.2. The summed E-state index contributed by atoms with van der Waals surface area (Å²) in [6.07, 6.45) is 0. The minimum atomic E-state index is -0.187. The molecule has 19 rings (SSSR count). The van der Waals surface area contributed by atoms with Crippen LogP contribution in [0.2, 0.25) is 0 Å². The molecule has 0 bridgehead atoms. The summed E-state index contributed by atoms with van der Waals surface area (Å²) in [6, 6.07) is 82.4. The summed E-state index contributed by atoms with van der Waals surface area (Å²) in [5.41, 5.74) is 23.9. The van der Waals surface area contributed by atoms with Gasteiger partial charge in [-0.05, 0) is 142 Å². The number of rotatable bonds is 6. The minimum absolute atomic E-state index is 0.187. The van der Waals surface area contributed by atoms with Gasteiger partial charge in [-0.2, -0.15) is 0 Å². The Morgan fingerprint density at radius 1 is 0.235 bits per heavy atom. The van der Waals surface area contributed by atoms with E-state index in [0.717, 1.165) is 144 Å². The van der Waals surface area contributed by atoms with Crippen LogP contribution in [0.3, 0.4) is 0 Å². The van der Waals surface area contributed by atoms with Crippen LogP contribution in [0.4, 0.5) is 34.1 Å². The van der Waals surface area contributed by atoms with Crippen molar-refractivity contribution < 1.29 is 22.1 Å². The maximum absolute atomic E-state index is 6.94. The summed E-state index contributed by atoms with van der Waals surface area (Å²) in [5, 5.41) is 10.2. The van der Waals surface area contributed by atoms with E-state index in [1.54, 1.807) is 0 Å². The van der Waals surface area contributed by atoms with Crippen LogP contribution in [0.5, 0.6) is 0 Å². The molecule has 7 nitrogen and oxygen atoms in total. The van der Waals surface area contributed by atoms with Crippen molar-refractivity contribution in [2.45, 2.75) is 38.5 Å². The topological polar surface area (TPSA) is 72.2 Å². The Balaban J connectivity index is 0.736. The van der Waals surface area contributed by atoms with Gasteiger partial charge in [-0.25, -0.2) is 0 Å². The van der Waals surface area contributed by atoms with Crippen molar-refractivity contribution in [3.05, 3.63) is 253 Å². The van der Waals surface area contributed by atoms with Gasteiger partial charge in [0.25, 0.3) is 0 Å². The van der Waals surface area contributed by atoms with E-state index in [-0.39, 0.29) is 10.8 Å². The molecule has 2 aliphatic rings. The molecule has 0 saturated carbocycles. The number of benzene rings is 12. The van der Waals surface area contributed by atoms with Crippen LogP contribution in [-0.2, 0) is 10.8 Å². The second kappa shape index (κ2) is 16.5. The molecule has 0 amide bonds. The van der Waals surface area contributed by atoms with Gasteiger partial charge in [0.05, 0.1) is 22.7 Å². The average Bonchev–Trinajstić information content (AvgIpc) is 2.14. The van der Waals surface area contributed by atoms with Gasteiger partial charge < -0.3 is 31.9 Å². The van der Waals surface area contributed by atoms with E-state index in [4.69, 9.17) is 22.1 Å². The molecule has 7 heteroatoms. The van der Waals surface area contributed by atoms with E-state index in [1.807, 2.05) is 24.3 Å². The van der Waals surface area contributed by atoms with E-state index in [1.165, 1.54) is 44.5 Å². The average molecular weight is 1100 g/mol. The number of nitrogens with zero attached hydrogens (tertiary/aromatic N) is 2. The lowest BCUT2D eigenvalue weighted by Gasteiger charge is -2.28. The molecule has 2 aliphatic carbocycles. The van der Waals surface area contributed by atoms with Gasteiger partial charge in [0, 0.05) is 88.2 Å². The number of anilines is 6. The molecule has 0 fully saturated rings. The van der Waals surface area contributed by atoms with Crippen molar-refractivity contribution >= 4 is 144 Å². The molecule has 0 N–H and O–H groups in total. The van der Waals surface area contributed by atoms with Crippen molar-refractivity contribution in [2.75, 3.05) is 9.80 Å². The number of furan rings is 5. The zero-order valence-corrected chi connectivity index (χ0v) is 46.9. The Morgan fingerprint density at radius 2 is 0.565 bits per heavy atom. The van der Waals surface area contributed by atoms with Crippen LogP contribution >= 0.6 is 0 Å². The van der Waals surface area contributed by atoms with Crippen LogP contribution in [-0.4, -0.2) is 0 Å². The van der Waals surface area contributed by atoms with Gasteiger partial charge in [-0.3, -0.25) is 0 Å². The highest BCUT2D eigenvalue weighted by Crippen LogP contribution is 2.54. The maximum Gasteiger partial charge on any atom is 0.159 e.